The van der Waals surface area contributed by atoms with E-state index >= 15 is 0 Å². The molecule has 2 aliphatic heterocycles. The topological polar surface area (TPSA) is 33.7 Å². The zero-order valence-electron chi connectivity index (χ0n) is 12.7. The lowest BCUT2D eigenvalue weighted by atomic mass is 10.1. The number of hydrogen-bond acceptors (Lipinski definition) is 4. The van der Waals surface area contributed by atoms with E-state index in [2.05, 4.69) is 10.2 Å². The lowest BCUT2D eigenvalue weighted by molar-refractivity contribution is 0.298. The Labute approximate surface area is 131 Å². The van der Waals surface area contributed by atoms with Crippen LogP contribution >= 0.6 is 11.6 Å². The van der Waals surface area contributed by atoms with Crippen LogP contribution in [0.15, 0.2) is 12.1 Å². The Balaban J connectivity index is 1.66. The summed E-state index contributed by atoms with van der Waals surface area (Å²) in [6.45, 7) is 3.31. The fourth-order valence-corrected chi connectivity index (χ4v) is 3.95. The van der Waals surface area contributed by atoms with Crippen molar-refractivity contribution in [2.45, 2.75) is 37.9 Å². The van der Waals surface area contributed by atoms with Gasteiger partial charge in [-0.2, -0.15) is 0 Å². The van der Waals surface area contributed by atoms with E-state index in [1.807, 2.05) is 12.1 Å². The van der Waals surface area contributed by atoms with Gasteiger partial charge in [-0.25, -0.2) is 0 Å². The lowest BCUT2D eigenvalue weighted by Crippen LogP contribution is -2.38. The summed E-state index contributed by atoms with van der Waals surface area (Å²) < 4.78 is 10.6. The van der Waals surface area contributed by atoms with Gasteiger partial charge in [0.1, 0.15) is 0 Å². The van der Waals surface area contributed by atoms with Gasteiger partial charge in [0.05, 0.1) is 19.2 Å². The molecule has 21 heavy (non-hydrogen) atoms. The number of rotatable bonds is 5. The maximum atomic E-state index is 6.26. The molecule has 0 bridgehead atoms. The number of halogens is 1. The van der Waals surface area contributed by atoms with Crippen molar-refractivity contribution in [1.29, 1.82) is 0 Å². The second-order valence-electron chi connectivity index (χ2n) is 5.83. The van der Waals surface area contributed by atoms with Crippen LogP contribution in [0, 0.1) is 0 Å². The Morgan fingerprint density at radius 2 is 2.10 bits per heavy atom. The van der Waals surface area contributed by atoms with E-state index in [0.717, 1.165) is 18.2 Å². The molecule has 1 aromatic rings. The maximum absolute atomic E-state index is 6.26. The van der Waals surface area contributed by atoms with Gasteiger partial charge in [-0.1, -0.05) is 11.6 Å². The number of nitrogens with one attached hydrogen (secondary N) is 1. The van der Waals surface area contributed by atoms with E-state index < -0.39 is 0 Å². The second kappa shape index (κ2) is 6.42. The van der Waals surface area contributed by atoms with Gasteiger partial charge in [0, 0.05) is 25.2 Å². The minimum absolute atomic E-state index is 0.597. The summed E-state index contributed by atoms with van der Waals surface area (Å²) in [6.07, 6.45) is 3.90. The summed E-state index contributed by atoms with van der Waals surface area (Å²) in [6, 6.07) is 5.27. The van der Waals surface area contributed by atoms with E-state index in [-0.39, 0.29) is 0 Å². The number of fused-ring (bicyclic) bond motifs is 1. The summed E-state index contributed by atoms with van der Waals surface area (Å²) in [5.74, 6) is 1.29. The summed E-state index contributed by atoms with van der Waals surface area (Å²) in [4.78, 5) is 2.61. The zero-order valence-corrected chi connectivity index (χ0v) is 13.4. The van der Waals surface area contributed by atoms with Crippen LogP contribution < -0.4 is 14.8 Å². The molecule has 1 N–H and O–H groups in total. The minimum Gasteiger partial charge on any atom is -0.493 e. The summed E-state index contributed by atoms with van der Waals surface area (Å²) in [7, 11) is 3.24. The first kappa shape index (κ1) is 14.9. The molecule has 2 aliphatic rings. The molecular weight excluding hydrogens is 288 g/mol. The first-order chi connectivity index (χ1) is 10.2. The number of benzene rings is 1. The van der Waals surface area contributed by atoms with Crippen LogP contribution in [0.5, 0.6) is 11.5 Å². The number of methoxy groups -OCH3 is 2. The van der Waals surface area contributed by atoms with Crippen LogP contribution in [0.3, 0.4) is 0 Å². The van der Waals surface area contributed by atoms with Crippen molar-refractivity contribution in [3.8, 4) is 11.5 Å². The van der Waals surface area contributed by atoms with Gasteiger partial charge in [-0.15, -0.1) is 0 Å². The average molecular weight is 311 g/mol. The van der Waals surface area contributed by atoms with Crippen molar-refractivity contribution >= 4 is 11.6 Å². The molecule has 5 heteroatoms. The Bertz CT molecular complexity index is 509. The van der Waals surface area contributed by atoms with Gasteiger partial charge in [0.15, 0.2) is 11.5 Å². The largest absolute Gasteiger partial charge is 0.493 e. The van der Waals surface area contributed by atoms with E-state index in [9.17, 15) is 0 Å². The van der Waals surface area contributed by atoms with Crippen LogP contribution in [-0.4, -0.2) is 44.3 Å². The van der Waals surface area contributed by atoms with Crippen LogP contribution in [-0.2, 0) is 6.54 Å². The van der Waals surface area contributed by atoms with Gasteiger partial charge in [0.2, 0.25) is 0 Å². The molecule has 0 spiro atoms. The fourth-order valence-electron chi connectivity index (χ4n) is 3.64. The van der Waals surface area contributed by atoms with E-state index in [0.29, 0.717) is 22.6 Å². The monoisotopic (exact) mass is 310 g/mol. The maximum Gasteiger partial charge on any atom is 0.179 e. The predicted molar refractivity (Wildman–Crippen MR) is 84.4 cm³/mol. The van der Waals surface area contributed by atoms with Crippen molar-refractivity contribution in [3.05, 3.63) is 22.7 Å². The number of ether oxygens (including phenoxy) is 2. The van der Waals surface area contributed by atoms with Crippen molar-refractivity contribution in [3.63, 3.8) is 0 Å². The number of hydrogen-bond donors (Lipinski definition) is 1. The van der Waals surface area contributed by atoms with E-state index in [1.54, 1.807) is 14.2 Å². The van der Waals surface area contributed by atoms with Crippen LogP contribution in [0.2, 0.25) is 5.02 Å². The summed E-state index contributed by atoms with van der Waals surface area (Å²) in [5.41, 5.74) is 1.13. The van der Waals surface area contributed by atoms with Crippen molar-refractivity contribution in [2.75, 3.05) is 27.3 Å². The van der Waals surface area contributed by atoms with Gasteiger partial charge in [-0.05, 0) is 43.5 Å². The van der Waals surface area contributed by atoms with Crippen LogP contribution in [0.4, 0.5) is 0 Å². The van der Waals surface area contributed by atoms with Crippen LogP contribution in [0.1, 0.15) is 24.8 Å². The molecule has 0 aromatic heterocycles. The van der Waals surface area contributed by atoms with Gasteiger partial charge in [-0.3, -0.25) is 4.90 Å². The summed E-state index contributed by atoms with van der Waals surface area (Å²) >= 11 is 6.26. The van der Waals surface area contributed by atoms with Gasteiger partial charge >= 0.3 is 0 Å². The zero-order chi connectivity index (χ0) is 14.8. The molecule has 2 saturated heterocycles. The molecule has 0 amide bonds. The third-order valence-electron chi connectivity index (χ3n) is 4.67. The number of nitrogens with zero attached hydrogens (tertiary/aromatic N) is 1. The molecular formula is C16H23ClN2O2. The van der Waals surface area contributed by atoms with E-state index in [4.69, 9.17) is 21.1 Å². The Hall–Kier alpha value is -0.970. The molecule has 2 heterocycles. The highest BCUT2D eigenvalue weighted by Gasteiger charge is 2.36. The van der Waals surface area contributed by atoms with Gasteiger partial charge in [0.25, 0.3) is 0 Å². The third kappa shape index (κ3) is 2.98. The molecule has 2 unspecified atom stereocenters. The highest BCUT2D eigenvalue weighted by Crippen LogP contribution is 2.36. The molecule has 0 saturated carbocycles. The standard InChI is InChI=1S/C16H23ClN2O2/c1-20-15-9-11(8-12(17)16(15)21-2)10-18-13-5-7-19-6-3-4-14(13)19/h8-9,13-14,18H,3-7,10H2,1-2H3. The molecule has 1 aromatic carbocycles. The summed E-state index contributed by atoms with van der Waals surface area (Å²) in [5, 5.41) is 4.29. The quantitative estimate of drug-likeness (QED) is 0.906. The molecule has 2 fully saturated rings. The molecule has 3 rings (SSSR count). The second-order valence-corrected chi connectivity index (χ2v) is 6.24. The highest BCUT2D eigenvalue weighted by molar-refractivity contribution is 6.32. The smallest absolute Gasteiger partial charge is 0.179 e. The third-order valence-corrected chi connectivity index (χ3v) is 4.95. The first-order valence-electron chi connectivity index (χ1n) is 7.60. The molecule has 116 valence electrons. The van der Waals surface area contributed by atoms with Crippen LogP contribution in [0.25, 0.3) is 0 Å². The normalized spacial score (nSPS) is 25.1. The Morgan fingerprint density at radius 3 is 2.86 bits per heavy atom. The first-order valence-corrected chi connectivity index (χ1v) is 7.98. The highest BCUT2D eigenvalue weighted by atomic mass is 35.5. The Kier molecular flexibility index (Phi) is 4.57. The van der Waals surface area contributed by atoms with Crippen molar-refractivity contribution in [2.24, 2.45) is 0 Å². The molecule has 0 radical (unpaired) electrons. The van der Waals surface area contributed by atoms with Gasteiger partial charge < -0.3 is 14.8 Å². The van der Waals surface area contributed by atoms with E-state index in [1.165, 1.54) is 32.4 Å². The molecule has 0 aliphatic carbocycles. The van der Waals surface area contributed by atoms with Crippen molar-refractivity contribution in [1.82, 2.24) is 10.2 Å². The fraction of sp³-hybridized carbons (Fsp3) is 0.625. The minimum atomic E-state index is 0.597. The van der Waals surface area contributed by atoms with Crippen molar-refractivity contribution < 1.29 is 9.47 Å². The molecule has 2 atom stereocenters. The average Bonchev–Trinajstić information content (AvgIpc) is 3.08. The Morgan fingerprint density at radius 1 is 1.24 bits per heavy atom. The SMILES string of the molecule is COc1cc(CNC2CCN3CCCC23)cc(Cl)c1OC. The predicted octanol–water partition coefficient (Wildman–Crippen LogP) is 2.68. The molecule has 4 nitrogen and oxygen atoms in total. The lowest BCUT2D eigenvalue weighted by Gasteiger charge is -2.21.